The van der Waals surface area contributed by atoms with Gasteiger partial charge < -0.3 is 28.6 Å². The van der Waals surface area contributed by atoms with Crippen molar-refractivity contribution in [3.63, 3.8) is 0 Å². The molecule has 0 aromatic heterocycles. The number of rotatable bonds is 17. The zero-order valence-corrected chi connectivity index (χ0v) is 42.6. The van der Waals surface area contributed by atoms with Crippen molar-refractivity contribution >= 4 is 39.6 Å². The standard InChI is InChI=1S/C55H66ClFN2O9S/c1-35(36(2)69(62,63)59(29-37-11-17-43(64-6)18-12-37)30-38-13-19-44(65-7)20-14-38)41-26-42(27-41)55(33-60,66-8)46-21-15-40(46)31-58-32-54(25-9-10-45-47(54)22-23-48(56)51(45)57)34-67-50-24-16-39(28-49(50)58)52(61)68-53(3,4)5/h11-14,16-20,22-24,26,28,33,35-36,40-41,46H,9-10,15,21,25,27,29-32,34H2,1-8H3/t35-,36-,40+,41+,46-,54+,55+/m1/s1. The lowest BCUT2D eigenvalue weighted by atomic mass is 9.58. The van der Waals surface area contributed by atoms with Crippen LogP contribution >= 0.6 is 11.6 Å². The van der Waals surface area contributed by atoms with Gasteiger partial charge >= 0.3 is 5.97 Å². The van der Waals surface area contributed by atoms with Gasteiger partial charge in [0.1, 0.15) is 34.3 Å². The number of anilines is 1. The molecule has 14 heteroatoms. The molecule has 4 aliphatic rings. The van der Waals surface area contributed by atoms with E-state index in [0.29, 0.717) is 60.9 Å². The quantitative estimate of drug-likeness (QED) is 0.0574. The lowest BCUT2D eigenvalue weighted by molar-refractivity contribution is -0.139. The van der Waals surface area contributed by atoms with E-state index in [4.69, 9.17) is 35.3 Å². The number of methoxy groups -OCH3 is 3. The largest absolute Gasteiger partial charge is 0.497 e. The van der Waals surface area contributed by atoms with E-state index in [1.807, 2.05) is 94.4 Å². The average Bonchev–Trinajstić information content (AvgIpc) is 3.46. The Morgan fingerprint density at radius 1 is 0.957 bits per heavy atom. The summed E-state index contributed by atoms with van der Waals surface area (Å²) in [7, 11) is 0.917. The maximum atomic E-state index is 15.7. The number of carbonyl (C=O) groups is 2. The average molecular weight is 986 g/mol. The third-order valence-corrected chi connectivity index (χ3v) is 18.0. The highest BCUT2D eigenvalue weighted by atomic mass is 35.5. The minimum Gasteiger partial charge on any atom is -0.497 e. The van der Waals surface area contributed by atoms with Crippen LogP contribution in [-0.2, 0) is 49.2 Å². The number of fused-ring (bicyclic) bond motifs is 3. The van der Waals surface area contributed by atoms with Crippen LogP contribution in [0.25, 0.3) is 0 Å². The molecule has 0 saturated heterocycles. The van der Waals surface area contributed by atoms with Crippen molar-refractivity contribution in [3.8, 4) is 17.2 Å². The molecule has 4 aromatic rings. The molecule has 1 spiro atoms. The Morgan fingerprint density at radius 2 is 1.59 bits per heavy atom. The fourth-order valence-electron chi connectivity index (χ4n) is 11.0. The minimum atomic E-state index is -3.86. The highest BCUT2D eigenvalue weighted by Crippen LogP contribution is 2.53. The number of hydrogen-bond donors (Lipinski definition) is 0. The third-order valence-electron chi connectivity index (χ3n) is 15.4. The Bertz CT molecular complexity index is 2620. The van der Waals surface area contributed by atoms with Crippen LogP contribution in [0, 0.1) is 29.5 Å². The fraction of sp³-hybridized carbons (Fsp3) is 0.491. The van der Waals surface area contributed by atoms with Crippen LogP contribution in [0.15, 0.2) is 90.5 Å². The van der Waals surface area contributed by atoms with E-state index in [2.05, 4.69) is 11.0 Å². The van der Waals surface area contributed by atoms with Gasteiger partial charge in [-0.1, -0.05) is 54.9 Å². The molecule has 0 unspecified atom stereocenters. The van der Waals surface area contributed by atoms with Gasteiger partial charge in [-0.2, -0.15) is 4.31 Å². The second-order valence-corrected chi connectivity index (χ2v) is 23.3. The second-order valence-electron chi connectivity index (χ2n) is 20.6. The van der Waals surface area contributed by atoms with Crippen LogP contribution in [0.1, 0.15) is 99.3 Å². The van der Waals surface area contributed by atoms with Gasteiger partial charge in [0.25, 0.3) is 0 Å². The van der Waals surface area contributed by atoms with Crippen LogP contribution in [0.2, 0.25) is 5.02 Å². The van der Waals surface area contributed by atoms with E-state index in [9.17, 15) is 18.0 Å². The minimum absolute atomic E-state index is 0.00510. The summed E-state index contributed by atoms with van der Waals surface area (Å²) in [4.78, 5) is 29.3. The molecule has 370 valence electrons. The van der Waals surface area contributed by atoms with Gasteiger partial charge in [0.2, 0.25) is 10.0 Å². The Labute approximate surface area is 412 Å². The molecule has 0 amide bonds. The number of aldehydes is 1. The number of halogens is 2. The number of ether oxygens (including phenoxy) is 5. The molecule has 69 heavy (non-hydrogen) atoms. The first-order valence-corrected chi connectivity index (χ1v) is 25.9. The Kier molecular flexibility index (Phi) is 14.7. The van der Waals surface area contributed by atoms with Crippen molar-refractivity contribution in [3.05, 3.63) is 129 Å². The number of sulfonamides is 1. The van der Waals surface area contributed by atoms with E-state index in [-0.39, 0.29) is 41.8 Å². The summed E-state index contributed by atoms with van der Waals surface area (Å²) in [5, 5.41) is -0.655. The summed E-state index contributed by atoms with van der Waals surface area (Å²) in [6.45, 7) is 10.9. The molecule has 0 bridgehead atoms. The number of nitrogens with zero attached hydrogens (tertiary/aromatic N) is 2. The monoisotopic (exact) mass is 984 g/mol. The molecule has 1 aliphatic heterocycles. The van der Waals surface area contributed by atoms with E-state index >= 15 is 4.39 Å². The zero-order chi connectivity index (χ0) is 49.5. The van der Waals surface area contributed by atoms with Gasteiger partial charge in [-0.3, -0.25) is 4.79 Å². The third kappa shape index (κ3) is 10.0. The first kappa shape index (κ1) is 50.4. The van der Waals surface area contributed by atoms with Crippen LogP contribution in [0.5, 0.6) is 17.2 Å². The summed E-state index contributed by atoms with van der Waals surface area (Å²) >= 11 is 6.33. The number of carbonyl (C=O) groups excluding carboxylic acids is 2. The summed E-state index contributed by atoms with van der Waals surface area (Å²) in [5.74, 6) is 0.566. The van der Waals surface area contributed by atoms with E-state index in [1.165, 1.54) is 0 Å². The summed E-state index contributed by atoms with van der Waals surface area (Å²) in [6, 6.07) is 23.8. The first-order chi connectivity index (χ1) is 32.8. The van der Waals surface area contributed by atoms with E-state index in [1.54, 1.807) is 44.7 Å². The molecular weight excluding hydrogens is 919 g/mol. The maximum Gasteiger partial charge on any atom is 0.338 e. The number of esters is 1. The van der Waals surface area contributed by atoms with Crippen LogP contribution in [-0.4, -0.2) is 82.5 Å². The van der Waals surface area contributed by atoms with Gasteiger partial charge in [0.05, 0.1) is 42.3 Å². The van der Waals surface area contributed by atoms with Gasteiger partial charge in [0.15, 0.2) is 6.29 Å². The molecule has 7 atom stereocenters. The van der Waals surface area contributed by atoms with Crippen molar-refractivity contribution in [2.75, 3.05) is 45.9 Å². The van der Waals surface area contributed by atoms with E-state index in [0.717, 1.165) is 59.9 Å². The first-order valence-electron chi connectivity index (χ1n) is 24.0. The van der Waals surface area contributed by atoms with Crippen molar-refractivity contribution in [1.29, 1.82) is 0 Å². The van der Waals surface area contributed by atoms with Gasteiger partial charge in [-0.15, -0.1) is 0 Å². The SMILES string of the molecule is COc1ccc(CN(Cc2ccc(OC)cc2)S(=O)(=O)[C@H](C)[C@@H](C)[C@H]2C=C([C@](C=O)(OC)[C@@H]3CC[C@H]3CN3C[C@@]4(CCCc5c4ccc(Cl)c5F)COc4ccc(C(=O)OC(C)(C)C)cc43)C2)cc1. The molecule has 4 aromatic carbocycles. The second kappa shape index (κ2) is 20.0. The van der Waals surface area contributed by atoms with Crippen molar-refractivity contribution in [2.24, 2.45) is 23.7 Å². The highest BCUT2D eigenvalue weighted by molar-refractivity contribution is 7.89. The molecular formula is C55H66ClFN2O9S. The summed E-state index contributed by atoms with van der Waals surface area (Å²) in [5.41, 5.74) is 2.65. The lowest BCUT2D eigenvalue weighted by Gasteiger charge is -2.52. The molecule has 0 N–H and O–H groups in total. The van der Waals surface area contributed by atoms with Crippen molar-refractivity contribution in [2.45, 2.75) is 108 Å². The zero-order valence-electron chi connectivity index (χ0n) is 41.1. The van der Waals surface area contributed by atoms with Crippen LogP contribution < -0.4 is 19.1 Å². The van der Waals surface area contributed by atoms with Crippen LogP contribution in [0.3, 0.4) is 0 Å². The molecule has 3 aliphatic carbocycles. The molecule has 1 saturated carbocycles. The Balaban J connectivity index is 1.05. The van der Waals surface area contributed by atoms with E-state index < -0.39 is 43.7 Å². The lowest BCUT2D eigenvalue weighted by Crippen LogP contribution is -2.56. The summed E-state index contributed by atoms with van der Waals surface area (Å²) in [6.07, 6.45) is 7.18. The molecule has 0 radical (unpaired) electrons. The Morgan fingerprint density at radius 3 is 2.14 bits per heavy atom. The predicted octanol–water partition coefficient (Wildman–Crippen LogP) is 10.5. The normalized spacial score (nSPS) is 22.9. The smallest absolute Gasteiger partial charge is 0.338 e. The topological polar surface area (TPSA) is 121 Å². The number of hydrogen-bond acceptors (Lipinski definition) is 10. The summed E-state index contributed by atoms with van der Waals surface area (Å²) < 4.78 is 76.1. The molecule has 11 nitrogen and oxygen atoms in total. The van der Waals surface area contributed by atoms with Crippen LogP contribution in [0.4, 0.5) is 10.1 Å². The molecule has 8 rings (SSSR count). The fourth-order valence-corrected chi connectivity index (χ4v) is 13.1. The molecule has 1 fully saturated rings. The van der Waals surface area contributed by atoms with Gasteiger partial charge in [0, 0.05) is 44.6 Å². The van der Waals surface area contributed by atoms with Gasteiger partial charge in [-0.25, -0.2) is 17.6 Å². The Hall–Kier alpha value is -4.95. The number of allylic oxidation sites excluding steroid dienone is 1. The van der Waals surface area contributed by atoms with Crippen molar-refractivity contribution in [1.82, 2.24) is 4.31 Å². The highest BCUT2D eigenvalue weighted by Gasteiger charge is 2.54. The van der Waals surface area contributed by atoms with Gasteiger partial charge in [-0.05, 0) is 160 Å². The predicted molar refractivity (Wildman–Crippen MR) is 266 cm³/mol. The number of benzene rings is 4. The molecule has 1 heterocycles. The van der Waals surface area contributed by atoms with Crippen molar-refractivity contribution < 1.29 is 46.1 Å². The maximum absolute atomic E-state index is 15.7.